The number of aromatic nitrogens is 2. The van der Waals surface area contributed by atoms with E-state index < -0.39 is 0 Å². The predicted molar refractivity (Wildman–Crippen MR) is 133 cm³/mol. The van der Waals surface area contributed by atoms with Gasteiger partial charge in [0.05, 0.1) is 11.1 Å². The molecule has 0 saturated heterocycles. The second kappa shape index (κ2) is 9.38. The van der Waals surface area contributed by atoms with Crippen LogP contribution in [0.15, 0.2) is 57.1 Å². The van der Waals surface area contributed by atoms with Crippen LogP contribution in [0.3, 0.4) is 0 Å². The van der Waals surface area contributed by atoms with Gasteiger partial charge in [-0.25, -0.2) is 4.98 Å². The van der Waals surface area contributed by atoms with Gasteiger partial charge in [-0.05, 0) is 35.9 Å². The first-order valence-electron chi connectivity index (χ1n) is 10.1. The summed E-state index contributed by atoms with van der Waals surface area (Å²) in [6.07, 6.45) is 0. The van der Waals surface area contributed by atoms with Gasteiger partial charge in [0.25, 0.3) is 5.56 Å². The highest BCUT2D eigenvalue weighted by Gasteiger charge is 2.18. The standard InChI is InChI=1S/C23H23N3O2S3/c1-4-26-22(28)20-16(18-10-7-11-29-18)12-30-21(20)25-23(26)31-13-19(27)24-17-9-6-5-8-15(17)14(2)3/h5-12,14H,4,13H2,1-3H3,(H,24,27). The van der Waals surface area contributed by atoms with Crippen molar-refractivity contribution < 1.29 is 4.79 Å². The molecule has 0 radical (unpaired) electrons. The van der Waals surface area contributed by atoms with Gasteiger partial charge in [0.15, 0.2) is 5.16 Å². The summed E-state index contributed by atoms with van der Waals surface area (Å²) >= 11 is 4.38. The second-order valence-corrected chi connectivity index (χ2v) is 10.1. The first-order valence-corrected chi connectivity index (χ1v) is 12.8. The molecule has 5 nitrogen and oxygen atoms in total. The number of fused-ring (bicyclic) bond motifs is 1. The summed E-state index contributed by atoms with van der Waals surface area (Å²) in [4.78, 5) is 32.4. The fourth-order valence-corrected chi connectivity index (χ4v) is 6.10. The van der Waals surface area contributed by atoms with Crippen LogP contribution in [0.25, 0.3) is 20.7 Å². The Kier molecular flexibility index (Phi) is 6.60. The normalized spacial score (nSPS) is 11.4. The zero-order chi connectivity index (χ0) is 22.0. The molecular formula is C23H23N3O2S3. The minimum absolute atomic E-state index is 0.0507. The van der Waals surface area contributed by atoms with Crippen molar-refractivity contribution in [3.05, 3.63) is 63.1 Å². The maximum Gasteiger partial charge on any atom is 0.263 e. The maximum absolute atomic E-state index is 13.2. The number of anilines is 1. The van der Waals surface area contributed by atoms with Crippen LogP contribution in [0.5, 0.6) is 0 Å². The van der Waals surface area contributed by atoms with Crippen LogP contribution >= 0.6 is 34.4 Å². The van der Waals surface area contributed by atoms with Crippen LogP contribution in [0.2, 0.25) is 0 Å². The molecule has 0 aliphatic rings. The number of rotatable bonds is 7. The van der Waals surface area contributed by atoms with Gasteiger partial charge in [-0.15, -0.1) is 22.7 Å². The van der Waals surface area contributed by atoms with Gasteiger partial charge in [-0.2, -0.15) is 0 Å². The Hall–Kier alpha value is -2.42. The van der Waals surface area contributed by atoms with Crippen LogP contribution in [0.4, 0.5) is 5.69 Å². The van der Waals surface area contributed by atoms with E-state index in [1.807, 2.05) is 54.1 Å². The van der Waals surface area contributed by atoms with Crippen molar-refractivity contribution in [1.29, 1.82) is 0 Å². The lowest BCUT2D eigenvalue weighted by Gasteiger charge is -2.14. The molecule has 0 unspecified atom stereocenters. The number of thioether (sulfide) groups is 1. The minimum Gasteiger partial charge on any atom is -0.325 e. The smallest absolute Gasteiger partial charge is 0.263 e. The van der Waals surface area contributed by atoms with E-state index in [2.05, 4.69) is 19.2 Å². The third-order valence-corrected chi connectivity index (χ3v) is 7.70. The highest BCUT2D eigenvalue weighted by molar-refractivity contribution is 7.99. The van der Waals surface area contributed by atoms with E-state index in [0.29, 0.717) is 27.8 Å². The molecule has 31 heavy (non-hydrogen) atoms. The number of benzene rings is 1. The van der Waals surface area contributed by atoms with Gasteiger partial charge in [0, 0.05) is 28.1 Å². The quantitative estimate of drug-likeness (QED) is 0.264. The number of nitrogens with zero attached hydrogens (tertiary/aromatic N) is 2. The van der Waals surface area contributed by atoms with Crippen molar-refractivity contribution in [3.63, 3.8) is 0 Å². The summed E-state index contributed by atoms with van der Waals surface area (Å²) < 4.78 is 1.66. The van der Waals surface area contributed by atoms with Gasteiger partial charge in [0.2, 0.25) is 5.91 Å². The molecule has 0 fully saturated rings. The third-order valence-electron chi connectivity index (χ3n) is 4.95. The summed E-state index contributed by atoms with van der Waals surface area (Å²) in [5.74, 6) is 0.392. The monoisotopic (exact) mass is 469 g/mol. The maximum atomic E-state index is 13.2. The Morgan fingerprint density at radius 2 is 2.00 bits per heavy atom. The lowest BCUT2D eigenvalue weighted by atomic mass is 10.0. The molecular weight excluding hydrogens is 446 g/mol. The molecule has 8 heteroatoms. The molecule has 3 aromatic heterocycles. The molecule has 0 spiro atoms. The Bertz CT molecular complexity index is 1270. The molecule has 4 aromatic rings. The number of carbonyl (C=O) groups excluding carboxylic acids is 1. The number of hydrogen-bond acceptors (Lipinski definition) is 6. The van der Waals surface area contributed by atoms with Crippen molar-refractivity contribution >= 4 is 56.2 Å². The van der Waals surface area contributed by atoms with Crippen molar-refractivity contribution in [2.75, 3.05) is 11.1 Å². The lowest BCUT2D eigenvalue weighted by molar-refractivity contribution is -0.113. The van der Waals surface area contributed by atoms with Crippen LogP contribution in [-0.4, -0.2) is 21.2 Å². The summed E-state index contributed by atoms with van der Waals surface area (Å²) in [5, 5.41) is 8.24. The minimum atomic E-state index is -0.111. The predicted octanol–water partition coefficient (Wildman–Crippen LogP) is 6.06. The number of nitrogens with one attached hydrogen (secondary N) is 1. The zero-order valence-corrected chi connectivity index (χ0v) is 20.0. The summed E-state index contributed by atoms with van der Waals surface area (Å²) in [5.41, 5.74) is 2.82. The van der Waals surface area contributed by atoms with Crippen LogP contribution < -0.4 is 10.9 Å². The fraction of sp³-hybridized carbons (Fsp3) is 0.261. The van der Waals surface area contributed by atoms with Crippen LogP contribution in [0.1, 0.15) is 32.3 Å². The second-order valence-electron chi connectivity index (χ2n) is 7.33. The molecule has 0 saturated carbocycles. The average molecular weight is 470 g/mol. The number of para-hydroxylation sites is 1. The topological polar surface area (TPSA) is 64.0 Å². The van der Waals surface area contributed by atoms with Gasteiger partial charge in [0.1, 0.15) is 4.83 Å². The van der Waals surface area contributed by atoms with Crippen molar-refractivity contribution in [3.8, 4) is 10.4 Å². The molecule has 1 aromatic carbocycles. The Labute approximate surface area is 193 Å². The lowest BCUT2D eigenvalue weighted by Crippen LogP contribution is -2.23. The molecule has 0 aliphatic heterocycles. The van der Waals surface area contributed by atoms with E-state index in [1.165, 1.54) is 23.1 Å². The third kappa shape index (κ3) is 4.46. The van der Waals surface area contributed by atoms with Gasteiger partial charge in [-0.3, -0.25) is 14.2 Å². The number of hydrogen-bond donors (Lipinski definition) is 1. The van der Waals surface area contributed by atoms with E-state index in [4.69, 9.17) is 4.98 Å². The van der Waals surface area contributed by atoms with Crippen LogP contribution in [-0.2, 0) is 11.3 Å². The van der Waals surface area contributed by atoms with Crippen molar-refractivity contribution in [2.45, 2.75) is 38.4 Å². The molecule has 3 heterocycles. The first-order chi connectivity index (χ1) is 15.0. The Morgan fingerprint density at radius 3 is 2.71 bits per heavy atom. The first kappa shape index (κ1) is 21.8. The largest absolute Gasteiger partial charge is 0.325 e. The Balaban J connectivity index is 1.58. The van der Waals surface area contributed by atoms with Crippen molar-refractivity contribution in [2.24, 2.45) is 0 Å². The van der Waals surface area contributed by atoms with Crippen LogP contribution in [0, 0.1) is 0 Å². The highest BCUT2D eigenvalue weighted by Crippen LogP contribution is 2.34. The molecule has 0 bridgehead atoms. The van der Waals surface area contributed by atoms with E-state index >= 15 is 0 Å². The van der Waals surface area contributed by atoms with E-state index in [9.17, 15) is 9.59 Å². The number of carbonyl (C=O) groups is 1. The summed E-state index contributed by atoms with van der Waals surface area (Å²) in [6, 6.07) is 11.8. The highest BCUT2D eigenvalue weighted by atomic mass is 32.2. The average Bonchev–Trinajstić information content (AvgIpc) is 3.42. The van der Waals surface area contributed by atoms with Crippen molar-refractivity contribution in [1.82, 2.24) is 9.55 Å². The number of amides is 1. The van der Waals surface area contributed by atoms with Gasteiger partial charge >= 0.3 is 0 Å². The van der Waals surface area contributed by atoms with Gasteiger partial charge in [-0.1, -0.05) is 49.9 Å². The molecule has 160 valence electrons. The molecule has 4 rings (SSSR count). The summed E-state index contributed by atoms with van der Waals surface area (Å²) in [6.45, 7) is 6.63. The molecule has 0 aliphatic carbocycles. The van der Waals surface area contributed by atoms with E-state index in [0.717, 1.165) is 21.7 Å². The molecule has 0 atom stereocenters. The summed E-state index contributed by atoms with van der Waals surface area (Å²) in [7, 11) is 0. The molecule has 1 N–H and O–H groups in total. The van der Waals surface area contributed by atoms with E-state index in [1.54, 1.807) is 15.9 Å². The number of thiophene rings is 2. The Morgan fingerprint density at radius 1 is 1.19 bits per heavy atom. The SMILES string of the molecule is CCn1c(SCC(=O)Nc2ccccc2C(C)C)nc2scc(-c3cccs3)c2c1=O. The fourth-order valence-electron chi connectivity index (χ4n) is 3.44. The molecule has 1 amide bonds. The van der Waals surface area contributed by atoms with Gasteiger partial charge < -0.3 is 5.32 Å². The zero-order valence-electron chi connectivity index (χ0n) is 17.5. The van der Waals surface area contributed by atoms with E-state index in [-0.39, 0.29) is 17.2 Å².